The van der Waals surface area contributed by atoms with Crippen LogP contribution in [0.25, 0.3) is 0 Å². The van der Waals surface area contributed by atoms with Crippen LogP contribution in [0.2, 0.25) is 5.02 Å². The van der Waals surface area contributed by atoms with Gasteiger partial charge in [0.15, 0.2) is 0 Å². The van der Waals surface area contributed by atoms with Crippen molar-refractivity contribution in [3.8, 4) is 0 Å². The summed E-state index contributed by atoms with van der Waals surface area (Å²) in [6.45, 7) is 2.07. The summed E-state index contributed by atoms with van der Waals surface area (Å²) >= 11 is 5.96. The van der Waals surface area contributed by atoms with Crippen molar-refractivity contribution in [3.63, 3.8) is 0 Å². The minimum Gasteiger partial charge on any atom is -0.334 e. The second kappa shape index (κ2) is 9.22. The molecule has 0 saturated heterocycles. The van der Waals surface area contributed by atoms with Crippen LogP contribution in [0.5, 0.6) is 0 Å². The van der Waals surface area contributed by atoms with Crippen molar-refractivity contribution < 1.29 is 9.59 Å². The van der Waals surface area contributed by atoms with Crippen LogP contribution in [0.1, 0.15) is 48.5 Å². The van der Waals surface area contributed by atoms with Gasteiger partial charge < -0.3 is 16.0 Å². The zero-order valence-electron chi connectivity index (χ0n) is 16.0. The third-order valence-corrected chi connectivity index (χ3v) is 5.45. The minimum absolute atomic E-state index is 0.0170. The molecule has 0 bridgehead atoms. The number of carbonyl (C=O) groups is 2. The first-order valence-electron chi connectivity index (χ1n) is 9.62. The number of carbonyl (C=O) groups excluding carboxylic acids is 2. The summed E-state index contributed by atoms with van der Waals surface area (Å²) in [6, 6.07) is 14.5. The average Bonchev–Trinajstić information content (AvgIpc) is 2.67. The molecule has 1 aliphatic rings. The Hall–Kier alpha value is -2.37. The van der Waals surface area contributed by atoms with Gasteiger partial charge in [0.2, 0.25) is 5.91 Å². The monoisotopic (exact) mass is 399 g/mol. The van der Waals surface area contributed by atoms with Gasteiger partial charge in [-0.05, 0) is 48.7 Å². The Labute approximate surface area is 170 Å². The fraction of sp³-hybridized carbons (Fsp3) is 0.364. The van der Waals surface area contributed by atoms with Crippen LogP contribution in [0.3, 0.4) is 0 Å². The van der Waals surface area contributed by atoms with E-state index in [2.05, 4.69) is 5.32 Å². The van der Waals surface area contributed by atoms with E-state index in [1.165, 1.54) is 0 Å². The van der Waals surface area contributed by atoms with E-state index in [0.717, 1.165) is 31.2 Å². The molecule has 0 aromatic heterocycles. The average molecular weight is 400 g/mol. The van der Waals surface area contributed by atoms with Gasteiger partial charge >= 0.3 is 0 Å². The summed E-state index contributed by atoms with van der Waals surface area (Å²) in [4.78, 5) is 26.6. The molecular weight excluding hydrogens is 374 g/mol. The van der Waals surface area contributed by atoms with Gasteiger partial charge in [-0.3, -0.25) is 9.59 Å². The first-order valence-corrected chi connectivity index (χ1v) is 10.0. The largest absolute Gasteiger partial charge is 0.334 e. The molecule has 148 valence electrons. The van der Waals surface area contributed by atoms with Gasteiger partial charge in [-0.2, -0.15) is 0 Å². The lowest BCUT2D eigenvalue weighted by atomic mass is 9.89. The maximum absolute atomic E-state index is 12.4. The topological polar surface area (TPSA) is 75.4 Å². The molecule has 2 atom stereocenters. The normalized spacial score (nSPS) is 19.1. The van der Waals surface area contributed by atoms with Crippen LogP contribution in [0.4, 0.5) is 5.69 Å². The SMILES string of the molecule is CC(=O)N(Cc1cccc(NC(=O)c2cccc(Cl)c2)c1)C1CCCCC1N. The Bertz CT molecular complexity index is 855. The van der Waals surface area contributed by atoms with Gasteiger partial charge in [0.25, 0.3) is 5.91 Å². The molecule has 1 saturated carbocycles. The van der Waals surface area contributed by atoms with Gasteiger partial charge in [-0.15, -0.1) is 0 Å². The number of amides is 2. The van der Waals surface area contributed by atoms with Crippen LogP contribution in [0, 0.1) is 0 Å². The lowest BCUT2D eigenvalue weighted by Crippen LogP contribution is -2.50. The molecule has 1 fully saturated rings. The highest BCUT2D eigenvalue weighted by atomic mass is 35.5. The highest BCUT2D eigenvalue weighted by Gasteiger charge is 2.29. The van der Waals surface area contributed by atoms with Gasteiger partial charge in [-0.25, -0.2) is 0 Å². The summed E-state index contributed by atoms with van der Waals surface area (Å²) in [5.41, 5.74) is 8.41. The van der Waals surface area contributed by atoms with E-state index >= 15 is 0 Å². The van der Waals surface area contributed by atoms with Crippen molar-refractivity contribution in [1.29, 1.82) is 0 Å². The number of hydrogen-bond donors (Lipinski definition) is 2. The molecule has 0 spiro atoms. The van der Waals surface area contributed by atoms with E-state index in [0.29, 0.717) is 22.8 Å². The molecule has 5 nitrogen and oxygen atoms in total. The van der Waals surface area contributed by atoms with Crippen molar-refractivity contribution >= 4 is 29.1 Å². The summed E-state index contributed by atoms with van der Waals surface area (Å²) in [6.07, 6.45) is 4.10. The molecule has 0 heterocycles. The Balaban J connectivity index is 1.73. The van der Waals surface area contributed by atoms with E-state index in [1.54, 1.807) is 31.2 Å². The van der Waals surface area contributed by atoms with Crippen LogP contribution in [0.15, 0.2) is 48.5 Å². The highest BCUT2D eigenvalue weighted by Crippen LogP contribution is 2.24. The number of nitrogens with two attached hydrogens (primary N) is 1. The van der Waals surface area contributed by atoms with E-state index in [4.69, 9.17) is 17.3 Å². The van der Waals surface area contributed by atoms with Crippen molar-refractivity contribution in [2.45, 2.75) is 51.2 Å². The van der Waals surface area contributed by atoms with Crippen molar-refractivity contribution in [3.05, 3.63) is 64.7 Å². The number of rotatable bonds is 5. The molecule has 6 heteroatoms. The lowest BCUT2D eigenvalue weighted by Gasteiger charge is -2.38. The fourth-order valence-electron chi connectivity index (χ4n) is 3.77. The number of anilines is 1. The summed E-state index contributed by atoms with van der Waals surface area (Å²) < 4.78 is 0. The number of hydrogen-bond acceptors (Lipinski definition) is 3. The van der Waals surface area contributed by atoms with Gasteiger partial charge in [0.05, 0.1) is 0 Å². The predicted molar refractivity (Wildman–Crippen MR) is 112 cm³/mol. The first kappa shape index (κ1) is 20.4. The standard InChI is InChI=1S/C22H26ClN3O2/c1-15(27)26(21-11-3-2-10-20(21)24)14-16-6-4-9-19(12-16)25-22(28)17-7-5-8-18(23)13-17/h4-9,12-13,20-21H,2-3,10-11,14,24H2,1H3,(H,25,28). The maximum atomic E-state index is 12.4. The zero-order chi connectivity index (χ0) is 20.1. The Kier molecular flexibility index (Phi) is 6.70. The van der Waals surface area contributed by atoms with Crippen LogP contribution < -0.4 is 11.1 Å². The fourth-order valence-corrected chi connectivity index (χ4v) is 3.96. The summed E-state index contributed by atoms with van der Waals surface area (Å²) in [7, 11) is 0. The molecule has 2 unspecified atom stereocenters. The van der Waals surface area contributed by atoms with Crippen molar-refractivity contribution in [2.75, 3.05) is 5.32 Å². The summed E-state index contributed by atoms with van der Waals surface area (Å²) in [5, 5.41) is 3.41. The van der Waals surface area contributed by atoms with Gasteiger partial charge in [-0.1, -0.05) is 42.6 Å². The first-order chi connectivity index (χ1) is 13.4. The molecule has 2 amide bonds. The highest BCUT2D eigenvalue weighted by molar-refractivity contribution is 6.31. The smallest absolute Gasteiger partial charge is 0.255 e. The minimum atomic E-state index is -0.225. The second-order valence-corrected chi connectivity index (χ2v) is 7.76. The summed E-state index contributed by atoms with van der Waals surface area (Å²) in [5.74, 6) is -0.201. The van der Waals surface area contributed by atoms with Crippen LogP contribution in [-0.4, -0.2) is 28.8 Å². The third kappa shape index (κ3) is 5.12. The molecule has 0 aliphatic heterocycles. The molecule has 3 rings (SSSR count). The molecule has 3 N–H and O–H groups in total. The quantitative estimate of drug-likeness (QED) is 0.790. The van der Waals surface area contributed by atoms with Gasteiger partial charge in [0, 0.05) is 41.8 Å². The molecular formula is C22H26ClN3O2. The number of halogens is 1. The van der Waals surface area contributed by atoms with Crippen molar-refractivity contribution in [2.24, 2.45) is 5.73 Å². The molecule has 1 aliphatic carbocycles. The number of nitrogens with one attached hydrogen (secondary N) is 1. The lowest BCUT2D eigenvalue weighted by molar-refractivity contribution is -0.133. The van der Waals surface area contributed by atoms with E-state index in [9.17, 15) is 9.59 Å². The molecule has 28 heavy (non-hydrogen) atoms. The van der Waals surface area contributed by atoms with Crippen LogP contribution >= 0.6 is 11.6 Å². The predicted octanol–water partition coefficient (Wildman–Crippen LogP) is 4.21. The Morgan fingerprint density at radius 2 is 1.89 bits per heavy atom. The molecule has 2 aromatic rings. The number of nitrogens with zero attached hydrogens (tertiary/aromatic N) is 1. The van der Waals surface area contributed by atoms with Gasteiger partial charge in [0.1, 0.15) is 0 Å². The Morgan fingerprint density at radius 1 is 1.14 bits per heavy atom. The van der Waals surface area contributed by atoms with Crippen LogP contribution in [-0.2, 0) is 11.3 Å². The van der Waals surface area contributed by atoms with E-state index in [1.807, 2.05) is 29.2 Å². The molecule has 0 radical (unpaired) electrons. The zero-order valence-corrected chi connectivity index (χ0v) is 16.8. The van der Waals surface area contributed by atoms with E-state index < -0.39 is 0 Å². The van der Waals surface area contributed by atoms with E-state index in [-0.39, 0.29) is 23.9 Å². The molecule has 2 aromatic carbocycles. The number of benzene rings is 2. The Morgan fingerprint density at radius 3 is 2.61 bits per heavy atom. The third-order valence-electron chi connectivity index (χ3n) is 5.21. The van der Waals surface area contributed by atoms with Crippen molar-refractivity contribution in [1.82, 2.24) is 4.90 Å². The maximum Gasteiger partial charge on any atom is 0.255 e. The second-order valence-electron chi connectivity index (χ2n) is 7.33.